The van der Waals surface area contributed by atoms with Gasteiger partial charge in [-0.1, -0.05) is 6.07 Å². The van der Waals surface area contributed by atoms with E-state index in [1.807, 2.05) is 0 Å². The minimum atomic E-state index is -4.72. The Bertz CT molecular complexity index is 2580. The minimum Gasteiger partial charge on any atom is -0.443 e. The van der Waals surface area contributed by atoms with Crippen LogP contribution in [0.1, 0.15) is 48.0 Å². The zero-order valence-electron chi connectivity index (χ0n) is 29.1. The number of rotatable bonds is 7. The summed E-state index contributed by atoms with van der Waals surface area (Å²) in [5.41, 5.74) is -2.37. The van der Waals surface area contributed by atoms with Crippen molar-refractivity contribution in [1.29, 1.82) is 4.78 Å². The number of halogens is 7. The monoisotopic (exact) mass is 773 g/mol. The van der Waals surface area contributed by atoms with Crippen molar-refractivity contribution in [2.75, 3.05) is 11.2 Å². The van der Waals surface area contributed by atoms with Gasteiger partial charge in [-0.15, -0.1) is 0 Å². The number of fused-ring (bicyclic) bond motifs is 2. The Morgan fingerprint density at radius 2 is 1.52 bits per heavy atom. The molecule has 282 valence electrons. The maximum absolute atomic E-state index is 15.2. The van der Waals surface area contributed by atoms with Gasteiger partial charge in [0.15, 0.2) is 23.3 Å². The molecule has 1 atom stereocenters. The van der Waals surface area contributed by atoms with Crippen LogP contribution >= 0.6 is 0 Å². The van der Waals surface area contributed by atoms with E-state index >= 15 is 8.78 Å². The number of benzene rings is 3. The first kappa shape index (κ1) is 38.0. The number of hydrogen-bond donors (Lipinski definition) is 1. The number of carbonyl (C=O) groups excluding carboxylic acids is 2. The molecule has 0 radical (unpaired) electrons. The second kappa shape index (κ2) is 13.3. The highest BCUT2D eigenvalue weighted by atomic mass is 32.2. The summed E-state index contributed by atoms with van der Waals surface area (Å²) in [4.78, 5) is 30.4. The van der Waals surface area contributed by atoms with Gasteiger partial charge < -0.3 is 13.7 Å². The molecule has 0 spiro atoms. The van der Waals surface area contributed by atoms with Crippen molar-refractivity contribution in [2.24, 2.45) is 7.05 Å². The fourth-order valence-electron chi connectivity index (χ4n) is 6.00. The van der Waals surface area contributed by atoms with Crippen LogP contribution in [0.5, 0.6) is 0 Å². The van der Waals surface area contributed by atoms with Crippen LogP contribution in [0.15, 0.2) is 78.1 Å². The van der Waals surface area contributed by atoms with E-state index in [1.54, 1.807) is 7.05 Å². The topological polar surface area (TPSA) is 110 Å². The molecular formula is C37H30F7N5O4S. The third kappa shape index (κ3) is 6.90. The lowest BCUT2D eigenvalue weighted by molar-refractivity contribution is -0.137. The standard InChI is InChI=1S/C37H30F7N5O4S/c1-36(2,3)53-35(51)49(17-23-29(38)31(40)34(54(5,45)52)32(41)30(23)39)20-10-8-19(9-11-20)33(50)27-13-12-26-21(7-6-14-48(26)27)22-15-25-28(47(4)18-46-25)16-24(22)37(42,43)44/h6-16,18,45H,17H2,1-5H3. The molecule has 3 aromatic heterocycles. The average Bonchev–Trinajstić information content (AvgIpc) is 3.68. The largest absolute Gasteiger partial charge is 0.443 e. The summed E-state index contributed by atoms with van der Waals surface area (Å²) in [5.74, 6) is -8.62. The number of ketones is 1. The van der Waals surface area contributed by atoms with Gasteiger partial charge in [-0.2, -0.15) is 13.2 Å². The van der Waals surface area contributed by atoms with Crippen LogP contribution in [-0.2, 0) is 34.2 Å². The highest BCUT2D eigenvalue weighted by molar-refractivity contribution is 7.91. The number of imidazole rings is 1. The van der Waals surface area contributed by atoms with Crippen LogP contribution in [0, 0.1) is 28.0 Å². The Labute approximate surface area is 303 Å². The van der Waals surface area contributed by atoms with Crippen molar-refractivity contribution < 1.29 is 49.3 Å². The van der Waals surface area contributed by atoms with Gasteiger partial charge in [0.2, 0.25) is 5.78 Å². The van der Waals surface area contributed by atoms with Crippen molar-refractivity contribution in [3.63, 3.8) is 0 Å². The molecule has 1 N–H and O–H groups in total. The molecule has 9 nitrogen and oxygen atoms in total. The van der Waals surface area contributed by atoms with Gasteiger partial charge in [0.1, 0.15) is 10.5 Å². The predicted molar refractivity (Wildman–Crippen MR) is 186 cm³/mol. The Balaban J connectivity index is 1.38. The quantitative estimate of drug-likeness (QED) is 0.0989. The van der Waals surface area contributed by atoms with E-state index in [9.17, 15) is 35.8 Å². The molecule has 3 heterocycles. The highest BCUT2D eigenvalue weighted by Crippen LogP contribution is 2.41. The van der Waals surface area contributed by atoms with E-state index in [0.717, 1.165) is 6.07 Å². The van der Waals surface area contributed by atoms with Crippen LogP contribution in [0.25, 0.3) is 27.7 Å². The van der Waals surface area contributed by atoms with Gasteiger partial charge in [0.05, 0.1) is 50.4 Å². The number of amides is 1. The Morgan fingerprint density at radius 1 is 0.889 bits per heavy atom. The number of aromatic nitrogens is 3. The summed E-state index contributed by atoms with van der Waals surface area (Å²) >= 11 is 0. The van der Waals surface area contributed by atoms with Crippen molar-refractivity contribution in [3.8, 4) is 11.1 Å². The van der Waals surface area contributed by atoms with Crippen LogP contribution in [0.2, 0.25) is 0 Å². The van der Waals surface area contributed by atoms with E-state index < -0.39 is 79.2 Å². The predicted octanol–water partition coefficient (Wildman–Crippen LogP) is 9.28. The molecule has 0 aliphatic heterocycles. The summed E-state index contributed by atoms with van der Waals surface area (Å²) in [6.07, 6.45) is -2.41. The summed E-state index contributed by atoms with van der Waals surface area (Å²) < 4.78 is 131. The second-order valence-corrected chi connectivity index (χ2v) is 15.6. The van der Waals surface area contributed by atoms with Gasteiger partial charge in [-0.05, 0) is 80.9 Å². The zero-order chi connectivity index (χ0) is 39.7. The van der Waals surface area contributed by atoms with Gasteiger partial charge in [-0.25, -0.2) is 36.3 Å². The summed E-state index contributed by atoms with van der Waals surface area (Å²) in [5, 5.41) is 0. The molecule has 0 aliphatic rings. The zero-order valence-corrected chi connectivity index (χ0v) is 29.9. The molecule has 0 saturated heterocycles. The number of anilines is 1. The van der Waals surface area contributed by atoms with Crippen LogP contribution < -0.4 is 4.90 Å². The molecule has 17 heteroatoms. The molecular weight excluding hydrogens is 743 g/mol. The third-order valence-electron chi connectivity index (χ3n) is 8.46. The fourth-order valence-corrected chi connectivity index (χ4v) is 6.86. The van der Waals surface area contributed by atoms with E-state index in [1.165, 1.54) is 96.9 Å². The van der Waals surface area contributed by atoms with Gasteiger partial charge in [0, 0.05) is 41.9 Å². The first-order valence-corrected chi connectivity index (χ1v) is 17.9. The maximum Gasteiger partial charge on any atom is 0.417 e. The molecule has 1 amide bonds. The molecule has 6 rings (SSSR count). The van der Waals surface area contributed by atoms with E-state index in [-0.39, 0.29) is 39.1 Å². The van der Waals surface area contributed by atoms with Gasteiger partial charge in [0.25, 0.3) is 0 Å². The van der Waals surface area contributed by atoms with E-state index in [0.29, 0.717) is 16.7 Å². The maximum atomic E-state index is 15.2. The normalized spacial score (nSPS) is 13.3. The minimum absolute atomic E-state index is 0.0335. The number of nitrogens with zero attached hydrogens (tertiary/aromatic N) is 4. The molecule has 3 aromatic carbocycles. The van der Waals surface area contributed by atoms with E-state index in [4.69, 9.17) is 9.52 Å². The first-order valence-electron chi connectivity index (χ1n) is 15.9. The van der Waals surface area contributed by atoms with Crippen LogP contribution in [0.4, 0.5) is 41.2 Å². The van der Waals surface area contributed by atoms with Gasteiger partial charge >= 0.3 is 12.3 Å². The second-order valence-electron chi connectivity index (χ2n) is 13.5. The van der Waals surface area contributed by atoms with E-state index in [2.05, 4.69) is 4.98 Å². The lowest BCUT2D eigenvalue weighted by atomic mass is 9.98. The molecule has 0 aliphatic carbocycles. The molecule has 0 fully saturated rings. The molecule has 54 heavy (non-hydrogen) atoms. The number of ether oxygens (including phenoxy) is 1. The highest BCUT2D eigenvalue weighted by Gasteiger charge is 2.36. The number of pyridine rings is 1. The van der Waals surface area contributed by atoms with Crippen molar-refractivity contribution >= 4 is 43.8 Å². The lowest BCUT2D eigenvalue weighted by Crippen LogP contribution is -2.37. The summed E-state index contributed by atoms with van der Waals surface area (Å²) in [7, 11) is -2.66. The Hall–Kier alpha value is -5.71. The van der Waals surface area contributed by atoms with Gasteiger partial charge in [-0.3, -0.25) is 9.69 Å². The van der Waals surface area contributed by atoms with Crippen LogP contribution in [0.3, 0.4) is 0 Å². The molecule has 0 bridgehead atoms. The number of alkyl halides is 3. The van der Waals surface area contributed by atoms with Crippen molar-refractivity contribution in [2.45, 2.75) is 44.0 Å². The Kier molecular flexibility index (Phi) is 9.37. The number of hydrogen-bond acceptors (Lipinski definition) is 6. The average molecular weight is 774 g/mol. The van der Waals surface area contributed by atoms with Crippen molar-refractivity contribution in [1.82, 2.24) is 14.0 Å². The summed E-state index contributed by atoms with van der Waals surface area (Å²) in [6, 6.07) is 13.2. The number of carbonyl (C=O) groups is 2. The fraction of sp³-hybridized carbons (Fsp3) is 0.216. The van der Waals surface area contributed by atoms with Crippen molar-refractivity contribution in [3.05, 3.63) is 119 Å². The molecule has 1 unspecified atom stereocenters. The smallest absolute Gasteiger partial charge is 0.417 e. The number of nitrogens with one attached hydrogen (secondary N) is 1. The molecule has 6 aromatic rings. The van der Waals surface area contributed by atoms with Crippen LogP contribution in [-0.4, -0.2) is 41.9 Å². The summed E-state index contributed by atoms with van der Waals surface area (Å²) in [6.45, 7) is 3.38. The first-order chi connectivity index (χ1) is 25.1. The third-order valence-corrected chi connectivity index (χ3v) is 9.60. The SMILES string of the molecule is Cn1cnc2cc(-c3cccn4c(C(=O)c5ccc(N(Cc6c(F)c(F)c(S(C)(=N)=O)c(F)c6F)C(=O)OC(C)(C)C)cc5)ccc34)c(C(F)(F)F)cc21. The Morgan fingerprint density at radius 3 is 2.09 bits per heavy atom. The lowest BCUT2D eigenvalue weighted by Gasteiger charge is -2.28. The molecule has 0 saturated carbocycles. The number of aryl methyl sites for hydroxylation is 1.